The molecular formula is C14H17NO3S. The highest BCUT2D eigenvalue weighted by Crippen LogP contribution is 2.26. The maximum atomic E-state index is 10.1. The first kappa shape index (κ1) is 14.0. The van der Waals surface area contributed by atoms with E-state index in [9.17, 15) is 10.2 Å². The van der Waals surface area contributed by atoms with Gasteiger partial charge in [0.05, 0.1) is 12.7 Å². The zero-order valence-electron chi connectivity index (χ0n) is 10.4. The van der Waals surface area contributed by atoms with Crippen molar-refractivity contribution < 1.29 is 15.3 Å². The predicted molar refractivity (Wildman–Crippen MR) is 76.4 cm³/mol. The standard InChI is InChI=1S/C14H17NO3S/c16-9-12(17)8-15-11-5-3-10(4-6-11)14(18)13-2-1-7-19-13/h1-7,12,14-18H,8-9H2. The molecule has 2 atom stereocenters. The van der Waals surface area contributed by atoms with E-state index in [1.54, 1.807) is 0 Å². The van der Waals surface area contributed by atoms with Gasteiger partial charge in [-0.3, -0.25) is 0 Å². The zero-order valence-corrected chi connectivity index (χ0v) is 11.2. The molecule has 0 bridgehead atoms. The molecule has 0 saturated carbocycles. The van der Waals surface area contributed by atoms with E-state index in [1.165, 1.54) is 11.3 Å². The number of aliphatic hydroxyl groups is 3. The van der Waals surface area contributed by atoms with Crippen LogP contribution in [0.15, 0.2) is 41.8 Å². The van der Waals surface area contributed by atoms with Crippen molar-refractivity contribution in [2.75, 3.05) is 18.5 Å². The summed E-state index contributed by atoms with van der Waals surface area (Å²) >= 11 is 1.52. The molecule has 19 heavy (non-hydrogen) atoms. The summed E-state index contributed by atoms with van der Waals surface area (Å²) in [6.45, 7) is 0.0332. The number of rotatable bonds is 6. The first-order valence-corrected chi connectivity index (χ1v) is 6.93. The smallest absolute Gasteiger partial charge is 0.113 e. The Morgan fingerprint density at radius 3 is 2.42 bits per heavy atom. The zero-order chi connectivity index (χ0) is 13.7. The van der Waals surface area contributed by atoms with Gasteiger partial charge in [-0.05, 0) is 29.1 Å². The fourth-order valence-corrected chi connectivity index (χ4v) is 2.43. The van der Waals surface area contributed by atoms with Crippen molar-refractivity contribution >= 4 is 17.0 Å². The Labute approximate surface area is 116 Å². The van der Waals surface area contributed by atoms with E-state index in [4.69, 9.17) is 5.11 Å². The molecule has 1 aromatic heterocycles. The lowest BCUT2D eigenvalue weighted by atomic mass is 10.1. The number of benzene rings is 1. The van der Waals surface area contributed by atoms with Crippen molar-refractivity contribution in [1.82, 2.24) is 0 Å². The van der Waals surface area contributed by atoms with Crippen LogP contribution in [0.5, 0.6) is 0 Å². The van der Waals surface area contributed by atoms with Crippen LogP contribution in [-0.2, 0) is 0 Å². The molecule has 4 nitrogen and oxygen atoms in total. The highest BCUT2D eigenvalue weighted by molar-refractivity contribution is 7.10. The van der Waals surface area contributed by atoms with Crippen molar-refractivity contribution in [3.8, 4) is 0 Å². The number of aliphatic hydroxyl groups excluding tert-OH is 3. The van der Waals surface area contributed by atoms with E-state index in [1.807, 2.05) is 41.8 Å². The molecule has 0 radical (unpaired) electrons. The Bertz CT molecular complexity index is 484. The predicted octanol–water partition coefficient (Wildman–Crippen LogP) is 1.59. The summed E-state index contributed by atoms with van der Waals surface area (Å²) in [4.78, 5) is 0.913. The van der Waals surface area contributed by atoms with E-state index in [0.29, 0.717) is 6.54 Å². The summed E-state index contributed by atoms with van der Waals surface area (Å²) in [6.07, 6.45) is -1.37. The highest BCUT2D eigenvalue weighted by Gasteiger charge is 2.11. The van der Waals surface area contributed by atoms with Crippen LogP contribution < -0.4 is 5.32 Å². The first-order valence-electron chi connectivity index (χ1n) is 6.05. The molecule has 0 aliphatic carbocycles. The van der Waals surface area contributed by atoms with Gasteiger partial charge in [0.2, 0.25) is 0 Å². The first-order chi connectivity index (χ1) is 9.20. The van der Waals surface area contributed by atoms with Crippen LogP contribution in [0.25, 0.3) is 0 Å². The maximum Gasteiger partial charge on any atom is 0.113 e. The van der Waals surface area contributed by atoms with Gasteiger partial charge in [-0.25, -0.2) is 0 Å². The van der Waals surface area contributed by atoms with Gasteiger partial charge in [0.25, 0.3) is 0 Å². The molecule has 0 aliphatic rings. The minimum Gasteiger partial charge on any atom is -0.394 e. The van der Waals surface area contributed by atoms with Gasteiger partial charge in [0.15, 0.2) is 0 Å². The van der Waals surface area contributed by atoms with Crippen molar-refractivity contribution in [3.63, 3.8) is 0 Å². The summed E-state index contributed by atoms with van der Waals surface area (Å²) in [5.41, 5.74) is 1.67. The Morgan fingerprint density at radius 1 is 1.11 bits per heavy atom. The van der Waals surface area contributed by atoms with E-state index < -0.39 is 12.2 Å². The minimum atomic E-state index is -0.767. The third-order valence-electron chi connectivity index (χ3n) is 2.79. The Hall–Kier alpha value is -1.40. The second-order valence-electron chi connectivity index (χ2n) is 4.26. The van der Waals surface area contributed by atoms with Crippen LogP contribution >= 0.6 is 11.3 Å². The third kappa shape index (κ3) is 3.78. The van der Waals surface area contributed by atoms with Gasteiger partial charge in [0, 0.05) is 17.1 Å². The Balaban J connectivity index is 1.98. The molecular weight excluding hydrogens is 262 g/mol. The Morgan fingerprint density at radius 2 is 1.84 bits per heavy atom. The minimum absolute atomic E-state index is 0.262. The number of hydrogen-bond acceptors (Lipinski definition) is 5. The Kier molecular flexibility index (Phi) is 4.93. The summed E-state index contributed by atoms with van der Waals surface area (Å²) in [5.74, 6) is 0. The van der Waals surface area contributed by atoms with Crippen LogP contribution in [-0.4, -0.2) is 34.6 Å². The fourth-order valence-electron chi connectivity index (χ4n) is 1.69. The van der Waals surface area contributed by atoms with Crippen molar-refractivity contribution in [2.24, 2.45) is 0 Å². The van der Waals surface area contributed by atoms with Crippen molar-refractivity contribution in [3.05, 3.63) is 52.2 Å². The summed E-state index contributed by atoms with van der Waals surface area (Å²) < 4.78 is 0. The molecule has 2 rings (SSSR count). The lowest BCUT2D eigenvalue weighted by Gasteiger charge is -2.12. The van der Waals surface area contributed by atoms with E-state index in [-0.39, 0.29) is 6.61 Å². The van der Waals surface area contributed by atoms with Gasteiger partial charge in [-0.1, -0.05) is 18.2 Å². The average Bonchev–Trinajstić information content (AvgIpc) is 2.98. The van der Waals surface area contributed by atoms with Crippen LogP contribution in [0.4, 0.5) is 5.69 Å². The molecule has 0 amide bonds. The van der Waals surface area contributed by atoms with E-state index in [0.717, 1.165) is 16.1 Å². The molecule has 0 saturated heterocycles. The number of hydrogen-bond donors (Lipinski definition) is 4. The van der Waals surface area contributed by atoms with Gasteiger partial charge < -0.3 is 20.6 Å². The molecule has 1 aromatic carbocycles. The fraction of sp³-hybridized carbons (Fsp3) is 0.286. The monoisotopic (exact) mass is 279 g/mol. The van der Waals surface area contributed by atoms with Crippen molar-refractivity contribution in [2.45, 2.75) is 12.2 Å². The molecule has 0 aliphatic heterocycles. The molecule has 0 fully saturated rings. The lowest BCUT2D eigenvalue weighted by Crippen LogP contribution is -2.22. The van der Waals surface area contributed by atoms with Crippen LogP contribution in [0, 0.1) is 0 Å². The summed E-state index contributed by atoms with van der Waals surface area (Å²) in [7, 11) is 0. The van der Waals surface area contributed by atoms with Gasteiger partial charge in [-0.15, -0.1) is 11.3 Å². The maximum absolute atomic E-state index is 10.1. The molecule has 0 spiro atoms. The van der Waals surface area contributed by atoms with Gasteiger partial charge in [-0.2, -0.15) is 0 Å². The van der Waals surface area contributed by atoms with E-state index >= 15 is 0 Å². The van der Waals surface area contributed by atoms with Crippen LogP contribution in [0.3, 0.4) is 0 Å². The second kappa shape index (κ2) is 6.68. The second-order valence-corrected chi connectivity index (χ2v) is 5.24. The van der Waals surface area contributed by atoms with Crippen LogP contribution in [0.1, 0.15) is 16.5 Å². The SMILES string of the molecule is OCC(O)CNc1ccc(C(O)c2cccs2)cc1. The molecule has 5 heteroatoms. The van der Waals surface area contributed by atoms with Crippen molar-refractivity contribution in [1.29, 1.82) is 0 Å². The molecule has 4 N–H and O–H groups in total. The number of anilines is 1. The highest BCUT2D eigenvalue weighted by atomic mass is 32.1. The molecule has 1 heterocycles. The summed E-state index contributed by atoms with van der Waals surface area (Å²) in [5, 5.41) is 33.0. The molecule has 2 aromatic rings. The summed E-state index contributed by atoms with van der Waals surface area (Å²) in [6, 6.07) is 11.2. The number of nitrogens with one attached hydrogen (secondary N) is 1. The quantitative estimate of drug-likeness (QED) is 0.648. The average molecular weight is 279 g/mol. The number of thiophene rings is 1. The van der Waals surface area contributed by atoms with Gasteiger partial charge >= 0.3 is 0 Å². The third-order valence-corrected chi connectivity index (χ3v) is 3.72. The molecule has 102 valence electrons. The topological polar surface area (TPSA) is 72.7 Å². The largest absolute Gasteiger partial charge is 0.394 e. The molecule has 2 unspecified atom stereocenters. The lowest BCUT2D eigenvalue weighted by molar-refractivity contribution is 0.105. The van der Waals surface area contributed by atoms with Crippen LogP contribution in [0.2, 0.25) is 0 Å². The van der Waals surface area contributed by atoms with E-state index in [2.05, 4.69) is 5.32 Å². The van der Waals surface area contributed by atoms with Gasteiger partial charge in [0.1, 0.15) is 6.10 Å². The normalized spacial score (nSPS) is 14.1.